The highest BCUT2D eigenvalue weighted by Gasteiger charge is 2.23. The largest absolute Gasteiger partial charge is 0.455 e. The zero-order chi connectivity index (χ0) is 20.0. The topological polar surface area (TPSA) is 26.0 Å². The second-order valence-corrected chi connectivity index (χ2v) is 14.6. The Balaban J connectivity index is 1.69. The van der Waals surface area contributed by atoms with Gasteiger partial charge < -0.3 is 4.42 Å². The third kappa shape index (κ3) is 3.32. The second kappa shape index (κ2) is 7.14. The number of para-hydroxylation sites is 1. The number of hydrogen-bond acceptors (Lipinski definition) is 2. The van der Waals surface area contributed by atoms with Gasteiger partial charge in [0, 0.05) is 22.5 Å². The normalized spacial score (nSPS) is 16.0. The van der Waals surface area contributed by atoms with Crippen molar-refractivity contribution in [3.63, 3.8) is 0 Å². The van der Waals surface area contributed by atoms with Crippen molar-refractivity contribution >= 4 is 35.2 Å². The Hall–Kier alpha value is -2.39. The van der Waals surface area contributed by atoms with E-state index < -0.39 is 8.07 Å². The highest BCUT2D eigenvalue weighted by atomic mass is 28.3. The van der Waals surface area contributed by atoms with Gasteiger partial charge in [0.25, 0.3) is 0 Å². The third-order valence-electron chi connectivity index (χ3n) is 6.47. The highest BCUT2D eigenvalue weighted by Crippen LogP contribution is 2.37. The molecule has 1 saturated carbocycles. The van der Waals surface area contributed by atoms with Crippen LogP contribution >= 0.6 is 0 Å². The molecule has 0 bridgehead atoms. The number of nitrogens with zero attached hydrogens (tertiary/aromatic N) is 1. The van der Waals surface area contributed by atoms with Crippen LogP contribution in [0.2, 0.25) is 19.6 Å². The maximum atomic E-state index is 6.44. The van der Waals surface area contributed by atoms with Crippen molar-refractivity contribution in [1.82, 2.24) is 4.98 Å². The molecule has 0 aliphatic heterocycles. The van der Waals surface area contributed by atoms with E-state index in [9.17, 15) is 0 Å². The van der Waals surface area contributed by atoms with E-state index in [4.69, 9.17) is 9.40 Å². The minimum atomic E-state index is -1.48. The lowest BCUT2D eigenvalue weighted by atomic mass is 9.84. The average Bonchev–Trinajstić information content (AvgIpc) is 3.12. The summed E-state index contributed by atoms with van der Waals surface area (Å²) in [5, 5.41) is 3.99. The Labute approximate surface area is 174 Å². The molecule has 5 rings (SSSR count). The van der Waals surface area contributed by atoms with E-state index in [0.717, 1.165) is 22.4 Å². The predicted molar refractivity (Wildman–Crippen MR) is 126 cm³/mol. The smallest absolute Gasteiger partial charge is 0.144 e. The molecule has 0 N–H and O–H groups in total. The van der Waals surface area contributed by atoms with Crippen LogP contribution in [0.25, 0.3) is 33.2 Å². The van der Waals surface area contributed by atoms with Gasteiger partial charge in [-0.25, -0.2) is 0 Å². The molecule has 3 heteroatoms. The third-order valence-corrected chi connectivity index (χ3v) is 8.50. The lowest BCUT2D eigenvalue weighted by Crippen LogP contribution is -2.37. The van der Waals surface area contributed by atoms with E-state index in [-0.39, 0.29) is 0 Å². The summed E-state index contributed by atoms with van der Waals surface area (Å²) in [5.41, 5.74) is 5.55. The van der Waals surface area contributed by atoms with Crippen LogP contribution in [0, 0.1) is 0 Å². The molecule has 0 spiro atoms. The Morgan fingerprint density at radius 2 is 1.72 bits per heavy atom. The van der Waals surface area contributed by atoms with Gasteiger partial charge in [0.2, 0.25) is 0 Å². The first-order chi connectivity index (χ1) is 14.0. The Morgan fingerprint density at radius 3 is 2.52 bits per heavy atom. The van der Waals surface area contributed by atoms with E-state index in [1.54, 1.807) is 0 Å². The summed E-state index contributed by atoms with van der Waals surface area (Å²) in [4.78, 5) is 4.74. The molecule has 2 heterocycles. The molecule has 1 fully saturated rings. The monoisotopic (exact) mass is 399 g/mol. The number of rotatable bonds is 3. The first-order valence-electron chi connectivity index (χ1n) is 10.9. The molecule has 0 radical (unpaired) electrons. The minimum Gasteiger partial charge on any atom is -0.455 e. The van der Waals surface area contributed by atoms with Crippen LogP contribution in [0.1, 0.15) is 43.6 Å². The molecule has 1 aliphatic rings. The van der Waals surface area contributed by atoms with Gasteiger partial charge in [-0.15, -0.1) is 0 Å². The van der Waals surface area contributed by atoms with Gasteiger partial charge in [0.05, 0.1) is 13.8 Å². The summed E-state index contributed by atoms with van der Waals surface area (Å²) >= 11 is 0. The molecule has 2 aromatic heterocycles. The van der Waals surface area contributed by atoms with Gasteiger partial charge >= 0.3 is 0 Å². The van der Waals surface area contributed by atoms with Crippen LogP contribution in [-0.4, -0.2) is 13.1 Å². The molecule has 4 aromatic rings. The van der Waals surface area contributed by atoms with Gasteiger partial charge in [-0.2, -0.15) is 0 Å². The molecule has 0 amide bonds. The lowest BCUT2D eigenvalue weighted by Gasteiger charge is -2.22. The SMILES string of the molecule is C[Si](C)(C)c1cccc2oc3c(-c4cc(C5CCCCC5)ccn4)cccc3c12. The van der Waals surface area contributed by atoms with E-state index in [1.807, 2.05) is 6.20 Å². The van der Waals surface area contributed by atoms with Crippen molar-refractivity contribution in [3.05, 3.63) is 60.3 Å². The van der Waals surface area contributed by atoms with E-state index in [2.05, 4.69) is 68.2 Å². The number of aromatic nitrogens is 1. The van der Waals surface area contributed by atoms with Crippen molar-refractivity contribution in [2.45, 2.75) is 57.7 Å². The van der Waals surface area contributed by atoms with Crippen molar-refractivity contribution in [2.75, 3.05) is 0 Å². The molecule has 29 heavy (non-hydrogen) atoms. The molecular formula is C26H29NOSi. The Morgan fingerprint density at radius 1 is 0.931 bits per heavy atom. The fourth-order valence-corrected chi connectivity index (χ4v) is 6.56. The van der Waals surface area contributed by atoms with Gasteiger partial charge in [0.15, 0.2) is 0 Å². The van der Waals surface area contributed by atoms with Gasteiger partial charge in [-0.1, -0.05) is 63.2 Å². The molecule has 0 saturated heterocycles. The van der Waals surface area contributed by atoms with Crippen molar-refractivity contribution in [3.8, 4) is 11.3 Å². The number of hydrogen-bond donors (Lipinski definition) is 0. The Bertz CT molecular complexity index is 1180. The van der Waals surface area contributed by atoms with Crippen molar-refractivity contribution < 1.29 is 4.42 Å². The van der Waals surface area contributed by atoms with Gasteiger partial charge in [0.1, 0.15) is 11.2 Å². The molecule has 2 aromatic carbocycles. The van der Waals surface area contributed by atoms with Crippen molar-refractivity contribution in [1.29, 1.82) is 0 Å². The summed E-state index contributed by atoms with van der Waals surface area (Å²) in [6, 6.07) is 17.6. The second-order valence-electron chi connectivity index (χ2n) is 9.52. The fourth-order valence-electron chi connectivity index (χ4n) is 4.96. The summed E-state index contributed by atoms with van der Waals surface area (Å²) in [6.45, 7) is 7.21. The minimum absolute atomic E-state index is 0.680. The summed E-state index contributed by atoms with van der Waals surface area (Å²) in [5.74, 6) is 0.680. The highest BCUT2D eigenvalue weighted by molar-refractivity contribution is 6.90. The molecule has 2 nitrogen and oxygen atoms in total. The van der Waals surface area contributed by atoms with Crippen LogP contribution in [-0.2, 0) is 0 Å². The van der Waals surface area contributed by atoms with Crippen LogP contribution in [0.15, 0.2) is 59.1 Å². The van der Waals surface area contributed by atoms with E-state index in [1.165, 1.54) is 53.6 Å². The lowest BCUT2D eigenvalue weighted by molar-refractivity contribution is 0.443. The quantitative estimate of drug-likeness (QED) is 0.339. The standard InChI is InChI=1S/C26H29NOSi/c1-29(2,3)24-14-8-13-23-25(24)21-12-7-11-20(26(21)28-23)22-17-19(15-16-27-22)18-9-5-4-6-10-18/h7-8,11-18H,4-6,9-10H2,1-3H3. The molecular weight excluding hydrogens is 370 g/mol. The number of fused-ring (bicyclic) bond motifs is 3. The van der Waals surface area contributed by atoms with E-state index in [0.29, 0.717) is 5.92 Å². The van der Waals surface area contributed by atoms with Gasteiger partial charge in [-0.3, -0.25) is 4.98 Å². The zero-order valence-electron chi connectivity index (χ0n) is 17.7. The zero-order valence-corrected chi connectivity index (χ0v) is 18.7. The number of pyridine rings is 1. The molecule has 0 unspecified atom stereocenters. The predicted octanol–water partition coefficient (Wildman–Crippen LogP) is 7.24. The fraction of sp³-hybridized carbons (Fsp3) is 0.346. The van der Waals surface area contributed by atoms with Crippen LogP contribution < -0.4 is 5.19 Å². The van der Waals surface area contributed by atoms with Crippen LogP contribution in [0.3, 0.4) is 0 Å². The summed E-state index contributed by atoms with van der Waals surface area (Å²) in [6.07, 6.45) is 8.66. The number of benzene rings is 2. The maximum Gasteiger partial charge on any atom is 0.144 e. The molecule has 1 aliphatic carbocycles. The number of furan rings is 1. The maximum absolute atomic E-state index is 6.44. The summed E-state index contributed by atoms with van der Waals surface area (Å²) in [7, 11) is -1.48. The average molecular weight is 400 g/mol. The van der Waals surface area contributed by atoms with Crippen LogP contribution in [0.5, 0.6) is 0 Å². The molecule has 0 atom stereocenters. The van der Waals surface area contributed by atoms with Crippen LogP contribution in [0.4, 0.5) is 0 Å². The van der Waals surface area contributed by atoms with Crippen molar-refractivity contribution in [2.24, 2.45) is 0 Å². The Kier molecular flexibility index (Phi) is 4.58. The first-order valence-corrected chi connectivity index (χ1v) is 14.4. The van der Waals surface area contributed by atoms with E-state index >= 15 is 0 Å². The summed E-state index contributed by atoms with van der Waals surface area (Å²) < 4.78 is 6.44. The van der Waals surface area contributed by atoms with Gasteiger partial charge in [-0.05, 0) is 53.8 Å². The molecule has 148 valence electrons. The first kappa shape index (κ1) is 18.6.